The van der Waals surface area contributed by atoms with E-state index in [0.29, 0.717) is 11.1 Å². The Kier molecular flexibility index (Phi) is 8.66. The molecular formula is C25H26O11S. The van der Waals surface area contributed by atoms with E-state index < -0.39 is 52.3 Å². The van der Waals surface area contributed by atoms with Crippen LogP contribution in [0.1, 0.15) is 36.7 Å². The van der Waals surface area contributed by atoms with Crippen LogP contribution in [0.3, 0.4) is 0 Å². The van der Waals surface area contributed by atoms with Crippen LogP contribution in [0.15, 0.2) is 53.4 Å². The molecule has 0 radical (unpaired) electrons. The molecule has 1 heterocycles. The molecule has 0 aliphatic carbocycles. The number of hydrogen-bond donors (Lipinski definition) is 0. The summed E-state index contributed by atoms with van der Waals surface area (Å²) in [5.74, 6) is -2.12. The van der Waals surface area contributed by atoms with E-state index in [0.717, 1.165) is 20.1 Å². The van der Waals surface area contributed by atoms with E-state index in [1.165, 1.54) is 55.5 Å². The zero-order valence-electron chi connectivity index (χ0n) is 20.5. The predicted octanol–water partition coefficient (Wildman–Crippen LogP) is 1.85. The van der Waals surface area contributed by atoms with Gasteiger partial charge in [0, 0.05) is 38.2 Å². The normalized spacial score (nSPS) is 21.4. The highest BCUT2D eigenvalue weighted by molar-refractivity contribution is 7.90. The Morgan fingerprint density at radius 1 is 0.757 bits per heavy atom. The van der Waals surface area contributed by atoms with Crippen molar-refractivity contribution in [2.24, 2.45) is 0 Å². The molecule has 12 heteroatoms. The molecule has 1 aliphatic rings. The van der Waals surface area contributed by atoms with Crippen molar-refractivity contribution in [1.82, 2.24) is 0 Å². The van der Waals surface area contributed by atoms with Crippen molar-refractivity contribution in [1.29, 1.82) is 0 Å². The van der Waals surface area contributed by atoms with Gasteiger partial charge in [0.05, 0.1) is 11.5 Å². The summed E-state index contributed by atoms with van der Waals surface area (Å²) in [6, 6.07) is 11.6. The van der Waals surface area contributed by atoms with Gasteiger partial charge in [0.2, 0.25) is 12.4 Å². The molecule has 0 aromatic heterocycles. The van der Waals surface area contributed by atoms with Gasteiger partial charge in [-0.25, -0.2) is 8.42 Å². The van der Waals surface area contributed by atoms with E-state index in [1.54, 1.807) is 0 Å². The highest BCUT2D eigenvalue weighted by atomic mass is 32.2. The van der Waals surface area contributed by atoms with Gasteiger partial charge in [0.1, 0.15) is 5.75 Å². The molecule has 0 N–H and O–H groups in total. The summed E-state index contributed by atoms with van der Waals surface area (Å²) in [6.45, 7) is 3.29. The van der Waals surface area contributed by atoms with Gasteiger partial charge >= 0.3 is 17.9 Å². The second-order valence-corrected chi connectivity index (χ2v) is 10.3. The van der Waals surface area contributed by atoms with Crippen LogP contribution >= 0.6 is 0 Å². The molecule has 3 rings (SSSR count). The van der Waals surface area contributed by atoms with Crippen molar-refractivity contribution >= 4 is 33.5 Å². The number of ketones is 1. The number of carbonyl (C=O) groups is 4. The largest absolute Gasteiger partial charge is 0.461 e. The first-order valence-corrected chi connectivity index (χ1v) is 13.0. The van der Waals surface area contributed by atoms with Crippen molar-refractivity contribution in [2.75, 3.05) is 12.9 Å². The zero-order valence-corrected chi connectivity index (χ0v) is 21.4. The predicted molar refractivity (Wildman–Crippen MR) is 126 cm³/mol. The second kappa shape index (κ2) is 11.5. The quantitative estimate of drug-likeness (QED) is 0.277. The minimum Gasteiger partial charge on any atom is -0.461 e. The molecule has 2 aromatic rings. The van der Waals surface area contributed by atoms with Crippen LogP contribution in [-0.2, 0) is 43.2 Å². The van der Waals surface area contributed by atoms with Crippen LogP contribution in [0.2, 0.25) is 0 Å². The molecule has 0 amide bonds. The molecule has 4 atom stereocenters. The third-order valence-electron chi connectivity index (χ3n) is 5.22. The number of esters is 3. The first-order valence-electron chi connectivity index (χ1n) is 11.1. The van der Waals surface area contributed by atoms with Crippen LogP contribution in [0.4, 0.5) is 0 Å². The summed E-state index contributed by atoms with van der Waals surface area (Å²) in [5, 5.41) is 0. The minimum absolute atomic E-state index is 0.102. The lowest BCUT2D eigenvalue weighted by Crippen LogP contribution is -2.59. The van der Waals surface area contributed by atoms with Gasteiger partial charge < -0.3 is 23.7 Å². The number of benzene rings is 2. The third-order valence-corrected chi connectivity index (χ3v) is 6.35. The van der Waals surface area contributed by atoms with Crippen LogP contribution in [-0.4, -0.2) is 69.6 Å². The van der Waals surface area contributed by atoms with Gasteiger partial charge in [-0.15, -0.1) is 0 Å². The van der Waals surface area contributed by atoms with Crippen LogP contribution in [0, 0.1) is 0 Å². The Balaban J connectivity index is 1.78. The number of ether oxygens (including phenoxy) is 5. The van der Waals surface area contributed by atoms with E-state index in [9.17, 15) is 27.6 Å². The lowest BCUT2D eigenvalue weighted by molar-refractivity contribution is -0.259. The highest BCUT2D eigenvalue weighted by Gasteiger charge is 2.48. The lowest BCUT2D eigenvalue weighted by Gasteiger charge is -2.40. The molecule has 1 fully saturated rings. The standard InChI is InChI=1S/C25H26O11S/c1-14(26)33-21-13-32-25(24(35-16(3)28)23(21)34-15(2)27)36-19-9-5-17(6-10-19)22(29)18-7-11-20(12-8-18)37(4,30)31/h5-12,21,23-25H,13H2,1-4H3/t21-,23+,24-,25+/m1/s1. The van der Waals surface area contributed by atoms with Crippen molar-refractivity contribution in [2.45, 2.75) is 50.3 Å². The summed E-state index contributed by atoms with van der Waals surface area (Å²) >= 11 is 0. The van der Waals surface area contributed by atoms with Gasteiger partial charge in [0.25, 0.3) is 0 Å². The SMILES string of the molecule is CC(=O)O[C@@H]1[C@@H](OC(C)=O)[C@H](Oc2ccc(C(=O)c3ccc(S(C)(=O)=O)cc3)cc2)OC[C@H]1OC(C)=O. The second-order valence-electron chi connectivity index (χ2n) is 8.27. The Hall–Kier alpha value is -3.77. The number of hydrogen-bond acceptors (Lipinski definition) is 11. The smallest absolute Gasteiger partial charge is 0.303 e. The summed E-state index contributed by atoms with van der Waals surface area (Å²) in [6.07, 6.45) is -3.60. The number of rotatable bonds is 8. The van der Waals surface area contributed by atoms with Crippen molar-refractivity contribution < 1.29 is 51.3 Å². The third kappa shape index (κ3) is 7.37. The van der Waals surface area contributed by atoms with E-state index in [-0.39, 0.29) is 23.0 Å². The van der Waals surface area contributed by atoms with Crippen LogP contribution < -0.4 is 4.74 Å². The van der Waals surface area contributed by atoms with Crippen LogP contribution in [0.25, 0.3) is 0 Å². The lowest BCUT2D eigenvalue weighted by atomic mass is 10.0. The van der Waals surface area contributed by atoms with Gasteiger partial charge in [-0.05, 0) is 48.5 Å². The fourth-order valence-corrected chi connectivity index (χ4v) is 4.28. The molecule has 0 saturated carbocycles. The first-order chi connectivity index (χ1) is 17.3. The van der Waals surface area contributed by atoms with E-state index >= 15 is 0 Å². The molecule has 1 saturated heterocycles. The average molecular weight is 535 g/mol. The number of carbonyl (C=O) groups excluding carboxylic acids is 4. The summed E-state index contributed by atoms with van der Waals surface area (Å²) < 4.78 is 50.4. The maximum absolute atomic E-state index is 12.8. The Morgan fingerprint density at radius 3 is 1.73 bits per heavy atom. The molecule has 2 aromatic carbocycles. The van der Waals surface area contributed by atoms with Gasteiger partial charge in [0.15, 0.2) is 27.8 Å². The molecule has 198 valence electrons. The molecule has 0 unspecified atom stereocenters. The Bertz CT molecular complexity index is 1270. The van der Waals surface area contributed by atoms with Gasteiger partial charge in [-0.2, -0.15) is 0 Å². The number of sulfone groups is 1. The Labute approximate surface area is 213 Å². The van der Waals surface area contributed by atoms with E-state index in [4.69, 9.17) is 23.7 Å². The minimum atomic E-state index is -3.39. The highest BCUT2D eigenvalue weighted by Crippen LogP contribution is 2.27. The van der Waals surface area contributed by atoms with Crippen molar-refractivity contribution in [3.8, 4) is 5.75 Å². The molecule has 37 heavy (non-hydrogen) atoms. The van der Waals surface area contributed by atoms with E-state index in [1.807, 2.05) is 0 Å². The Morgan fingerprint density at radius 2 is 1.24 bits per heavy atom. The average Bonchev–Trinajstić information content (AvgIpc) is 2.81. The fraction of sp³-hybridized carbons (Fsp3) is 0.360. The summed E-state index contributed by atoms with van der Waals surface area (Å²) in [4.78, 5) is 47.8. The monoisotopic (exact) mass is 534 g/mol. The molecule has 11 nitrogen and oxygen atoms in total. The van der Waals surface area contributed by atoms with Gasteiger partial charge in [-0.1, -0.05) is 0 Å². The fourth-order valence-electron chi connectivity index (χ4n) is 3.65. The summed E-state index contributed by atoms with van der Waals surface area (Å²) in [7, 11) is -3.39. The van der Waals surface area contributed by atoms with Crippen molar-refractivity contribution in [3.63, 3.8) is 0 Å². The van der Waals surface area contributed by atoms with Crippen LogP contribution in [0.5, 0.6) is 5.75 Å². The topological polar surface area (TPSA) is 149 Å². The van der Waals surface area contributed by atoms with E-state index in [2.05, 4.69) is 0 Å². The van der Waals surface area contributed by atoms with Crippen molar-refractivity contribution in [3.05, 3.63) is 59.7 Å². The maximum Gasteiger partial charge on any atom is 0.303 e. The summed E-state index contributed by atoms with van der Waals surface area (Å²) in [5.41, 5.74) is 0.612. The molecular weight excluding hydrogens is 508 g/mol. The molecule has 0 bridgehead atoms. The maximum atomic E-state index is 12.8. The molecule has 0 spiro atoms. The first kappa shape index (κ1) is 27.8. The molecule has 1 aliphatic heterocycles. The zero-order chi connectivity index (χ0) is 27.3. The van der Waals surface area contributed by atoms with Gasteiger partial charge in [-0.3, -0.25) is 19.2 Å².